The van der Waals surface area contributed by atoms with Crippen LogP contribution in [0, 0.1) is 0 Å². The number of methoxy groups -OCH3 is 3. The number of benzene rings is 15. The van der Waals surface area contributed by atoms with Crippen molar-refractivity contribution in [3.05, 3.63) is 337 Å². The first-order valence-corrected chi connectivity index (χ1v) is 41.4. The minimum atomic E-state index is -0.264. The lowest BCUT2D eigenvalue weighted by Gasteiger charge is -2.25. The van der Waals surface area contributed by atoms with Gasteiger partial charge in [0, 0.05) is 86.5 Å². The first kappa shape index (κ1) is 78.5. The van der Waals surface area contributed by atoms with E-state index in [0.29, 0.717) is 102 Å². The number of fused-ring (bicyclic) bond motifs is 15. The third kappa shape index (κ3) is 14.1. The molecule has 121 heavy (non-hydrogen) atoms. The summed E-state index contributed by atoms with van der Waals surface area (Å²) in [6.45, 7) is 6.22. The Kier molecular flexibility index (Phi) is 21.1. The number of nitrogens with zero attached hydrogens (tertiary/aromatic N) is 10. The molecule has 3 aliphatic carbocycles. The summed E-state index contributed by atoms with van der Waals surface area (Å²) in [6.07, 6.45) is 4.00. The second kappa shape index (κ2) is 32.6. The molecule has 3 amide bonds. The Morgan fingerprint density at radius 2 is 0.595 bits per heavy atom. The highest BCUT2D eigenvalue weighted by atomic mass is 35.5. The molecule has 0 aromatic heterocycles. The standard InChI is InChI=1S/C102H81Cl3N10O6/c1-10-58-19-13-16-22-88(58)112(4)100(116)85-52-64-28-46-76-79-55-67(103)31-25-61(79)49-82(76)91(64)94(97(85)119-7)109-106-70-34-40-73(41-35-70)115(74-42-36-71(37-43-74)107-110-95-92-65(29-47-77-80-56-68(104)32-26-62(80)50-83(77)92)53-86(98(95)120-8)101(117)113(5)89-23-17-14-20-59(89)11-2)75-44-38-72(39-45-75)108-111-96-93-66(30-48-78-81-57-69(105)33-27-63(81)51-84(78)93)54-87(99(96)121-9)102(118)114(6)90-24-18-15-21-60(90)12-3/h13-48,52-57H,10-12,49-51H2,1-9H3. The summed E-state index contributed by atoms with van der Waals surface area (Å²) in [5.41, 5.74) is 24.1. The average Bonchev–Trinajstić information content (AvgIpc) is 1.63. The van der Waals surface area contributed by atoms with Crippen LogP contribution in [0.4, 0.5) is 68.2 Å². The summed E-state index contributed by atoms with van der Waals surface area (Å²) in [5, 5.41) is 37.1. The molecule has 16 nitrogen and oxygen atoms in total. The molecule has 0 N–H and O–H groups in total. The molecule has 0 fully saturated rings. The third-order valence-electron chi connectivity index (χ3n) is 23.8. The van der Waals surface area contributed by atoms with Crippen LogP contribution in [0.5, 0.6) is 17.2 Å². The van der Waals surface area contributed by atoms with Crippen molar-refractivity contribution < 1.29 is 28.6 Å². The molecule has 3 aliphatic rings. The Bertz CT molecular complexity index is 6240. The van der Waals surface area contributed by atoms with Crippen molar-refractivity contribution in [2.24, 2.45) is 30.7 Å². The number of halogens is 3. The first-order chi connectivity index (χ1) is 58.9. The quantitative estimate of drug-likeness (QED) is 0.0646. The summed E-state index contributed by atoms with van der Waals surface area (Å²) in [7, 11) is 10.1. The maximum atomic E-state index is 15.1. The zero-order chi connectivity index (χ0) is 83.6. The summed E-state index contributed by atoms with van der Waals surface area (Å²) in [5.74, 6) is 0.0846. The van der Waals surface area contributed by atoms with Gasteiger partial charge in [-0.15, -0.1) is 15.3 Å². The summed E-state index contributed by atoms with van der Waals surface area (Å²) < 4.78 is 19.0. The Balaban J connectivity index is 0.746. The van der Waals surface area contributed by atoms with Crippen molar-refractivity contribution in [1.82, 2.24) is 0 Å². The van der Waals surface area contributed by atoms with Crippen molar-refractivity contribution in [1.29, 1.82) is 0 Å². The monoisotopic (exact) mass is 1650 g/mol. The number of carbonyl (C=O) groups is 3. The molecule has 0 spiro atoms. The van der Waals surface area contributed by atoms with E-state index in [4.69, 9.17) is 79.7 Å². The van der Waals surface area contributed by atoms with Crippen molar-refractivity contribution in [3.63, 3.8) is 0 Å². The smallest absolute Gasteiger partial charge is 0.261 e. The van der Waals surface area contributed by atoms with Crippen LogP contribution in [-0.2, 0) is 38.5 Å². The fraction of sp³-hybridized carbons (Fsp3) is 0.147. The fourth-order valence-electron chi connectivity index (χ4n) is 17.8. The minimum absolute atomic E-state index is 0.264. The van der Waals surface area contributed by atoms with Crippen LogP contribution in [0.2, 0.25) is 15.1 Å². The molecule has 15 aromatic carbocycles. The van der Waals surface area contributed by atoms with E-state index in [2.05, 4.69) is 62.1 Å². The van der Waals surface area contributed by atoms with Gasteiger partial charge in [-0.1, -0.05) is 165 Å². The molecule has 0 atom stereocenters. The molecular weight excluding hydrogens is 1570 g/mol. The van der Waals surface area contributed by atoms with Gasteiger partial charge in [-0.2, -0.15) is 15.3 Å². The van der Waals surface area contributed by atoms with E-state index in [9.17, 15) is 0 Å². The number of para-hydroxylation sites is 3. The summed E-state index contributed by atoms with van der Waals surface area (Å²) >= 11 is 20.0. The maximum Gasteiger partial charge on any atom is 0.261 e. The van der Waals surface area contributed by atoms with Gasteiger partial charge in [-0.25, -0.2) is 0 Å². The number of anilines is 6. The van der Waals surface area contributed by atoms with E-state index in [-0.39, 0.29) is 17.7 Å². The normalized spacial score (nSPS) is 12.3. The van der Waals surface area contributed by atoms with Crippen molar-refractivity contribution >= 4 is 153 Å². The van der Waals surface area contributed by atoms with E-state index in [1.807, 2.05) is 218 Å². The number of hydrogen-bond donors (Lipinski definition) is 0. The van der Waals surface area contributed by atoms with Gasteiger partial charge in [0.1, 0.15) is 17.1 Å². The van der Waals surface area contributed by atoms with Gasteiger partial charge in [0.15, 0.2) is 17.2 Å². The predicted molar refractivity (Wildman–Crippen MR) is 491 cm³/mol. The van der Waals surface area contributed by atoms with Gasteiger partial charge in [0.05, 0.1) is 55.1 Å². The molecule has 0 bridgehead atoms. The maximum absolute atomic E-state index is 15.1. The largest absolute Gasteiger partial charge is 0.494 e. The fourth-order valence-corrected chi connectivity index (χ4v) is 18.3. The molecule has 0 unspecified atom stereocenters. The Hall–Kier alpha value is -13.6. The number of amides is 3. The number of azo groups is 3. The average molecular weight is 1650 g/mol. The highest BCUT2D eigenvalue weighted by Crippen LogP contribution is 2.54. The zero-order valence-electron chi connectivity index (χ0n) is 68.0. The van der Waals surface area contributed by atoms with Crippen molar-refractivity contribution in [2.45, 2.75) is 59.3 Å². The second-order valence-electron chi connectivity index (χ2n) is 30.4. The van der Waals surface area contributed by atoms with Gasteiger partial charge in [-0.05, 0) is 284 Å². The number of aryl methyl sites for hydroxylation is 3. The second-order valence-corrected chi connectivity index (χ2v) is 31.8. The molecule has 0 saturated heterocycles. The Morgan fingerprint density at radius 1 is 0.322 bits per heavy atom. The van der Waals surface area contributed by atoms with E-state index < -0.39 is 0 Å². The lowest BCUT2D eigenvalue weighted by atomic mass is 9.95. The van der Waals surface area contributed by atoms with Crippen LogP contribution >= 0.6 is 34.8 Å². The Morgan fingerprint density at radius 3 is 0.860 bits per heavy atom. The molecule has 19 heteroatoms. The highest BCUT2D eigenvalue weighted by molar-refractivity contribution is 6.32. The van der Waals surface area contributed by atoms with Gasteiger partial charge in [-0.3, -0.25) is 14.4 Å². The van der Waals surface area contributed by atoms with Gasteiger partial charge < -0.3 is 33.8 Å². The van der Waals surface area contributed by atoms with Crippen molar-refractivity contribution in [2.75, 3.05) is 62.1 Å². The number of rotatable bonds is 21. The van der Waals surface area contributed by atoms with Gasteiger partial charge in [0.2, 0.25) is 0 Å². The topological polar surface area (TPSA) is 166 Å². The lowest BCUT2D eigenvalue weighted by Crippen LogP contribution is -2.27. The van der Waals surface area contributed by atoms with Crippen LogP contribution in [0.1, 0.15) is 102 Å². The first-order valence-electron chi connectivity index (χ1n) is 40.2. The van der Waals surface area contributed by atoms with E-state index >= 15 is 14.4 Å². The SMILES string of the molecule is CCc1ccccc1N(C)C(=O)c1cc2ccc3c(c2c(N=Nc2ccc(N(c4ccc(N=Nc5c(OC)c(C(=O)N(C)c6ccccc6CC)cc6ccc7c(c56)Cc5ccc(Cl)cc5-7)cc4)c4ccc(N=Nc5c(OC)c(C(=O)N(C)c6ccccc6CC)cc6ccc7c(c56)Cc5ccc(Cl)cc5-7)cc4)cc2)c1OC)Cc1ccc(Cl)cc1-3. The van der Waals surface area contributed by atoms with E-state index in [1.165, 1.54) is 0 Å². The minimum Gasteiger partial charge on any atom is -0.494 e. The zero-order valence-corrected chi connectivity index (χ0v) is 70.3. The molecule has 18 rings (SSSR count). The highest BCUT2D eigenvalue weighted by Gasteiger charge is 2.34. The third-order valence-corrected chi connectivity index (χ3v) is 24.5. The molecule has 0 saturated carbocycles. The molecule has 0 heterocycles. The molecule has 15 aromatic rings. The van der Waals surface area contributed by atoms with Crippen LogP contribution in [0.3, 0.4) is 0 Å². The van der Waals surface area contributed by atoms with Gasteiger partial charge in [0.25, 0.3) is 17.7 Å². The summed E-state index contributed by atoms with van der Waals surface area (Å²) in [6, 6.07) is 83.0. The van der Waals surface area contributed by atoms with E-state index in [0.717, 1.165) is 169 Å². The Labute approximate surface area is 716 Å². The molecule has 0 aliphatic heterocycles. The van der Waals surface area contributed by atoms with Crippen LogP contribution in [0.25, 0.3) is 65.7 Å². The molecule has 596 valence electrons. The predicted octanol–water partition coefficient (Wildman–Crippen LogP) is 28.1. The van der Waals surface area contributed by atoms with E-state index in [1.54, 1.807) is 57.2 Å². The summed E-state index contributed by atoms with van der Waals surface area (Å²) in [4.78, 5) is 52.3. The van der Waals surface area contributed by atoms with Crippen LogP contribution in [0.15, 0.2) is 285 Å². The van der Waals surface area contributed by atoms with Crippen LogP contribution < -0.4 is 33.8 Å². The number of carbonyl (C=O) groups excluding carboxylic acids is 3. The van der Waals surface area contributed by atoms with Gasteiger partial charge >= 0.3 is 0 Å². The van der Waals surface area contributed by atoms with Crippen molar-refractivity contribution in [3.8, 4) is 50.6 Å². The number of ether oxygens (including phenoxy) is 3. The lowest BCUT2D eigenvalue weighted by molar-refractivity contribution is 0.0982. The molecule has 0 radical (unpaired) electrons. The van der Waals surface area contributed by atoms with Crippen LogP contribution in [-0.4, -0.2) is 60.2 Å². The molecular formula is C102H81Cl3N10O6. The number of hydrogen-bond acceptors (Lipinski definition) is 13.